The number of pyridine rings is 2. The number of rotatable bonds is 8. The van der Waals surface area contributed by atoms with Gasteiger partial charge in [-0.15, -0.1) is 0 Å². The number of carbonyl (C=O) groups is 1. The van der Waals surface area contributed by atoms with Gasteiger partial charge in [-0.05, 0) is 48.5 Å². The normalized spacial score (nSPS) is 10.3. The van der Waals surface area contributed by atoms with Gasteiger partial charge in [-0.2, -0.15) is 0 Å². The first-order valence-corrected chi connectivity index (χ1v) is 8.68. The zero-order chi connectivity index (χ0) is 18.9. The van der Waals surface area contributed by atoms with E-state index in [-0.39, 0.29) is 18.1 Å². The van der Waals surface area contributed by atoms with E-state index >= 15 is 0 Å². The second-order valence-corrected chi connectivity index (χ2v) is 5.88. The topological polar surface area (TPSA) is 70.5 Å². The van der Waals surface area contributed by atoms with Crippen molar-refractivity contribution in [3.05, 3.63) is 77.7 Å². The Kier molecular flexibility index (Phi) is 6.60. The van der Waals surface area contributed by atoms with Crippen molar-refractivity contribution in [3.63, 3.8) is 0 Å². The monoisotopic (exact) mass is 384 g/mol. The molecule has 2 aromatic heterocycles. The highest BCUT2D eigenvalue weighted by atomic mass is 35.5. The molecule has 0 saturated heterocycles. The van der Waals surface area contributed by atoms with E-state index in [2.05, 4.69) is 9.97 Å². The number of carbonyl (C=O) groups excluding carboxylic acids is 1. The fourth-order valence-corrected chi connectivity index (χ4v) is 2.29. The third kappa shape index (κ3) is 5.69. The van der Waals surface area contributed by atoms with Gasteiger partial charge in [0.2, 0.25) is 5.88 Å². The van der Waals surface area contributed by atoms with Gasteiger partial charge in [0.15, 0.2) is 0 Å². The lowest BCUT2D eigenvalue weighted by Gasteiger charge is -2.10. The molecule has 0 aliphatic rings. The first-order chi connectivity index (χ1) is 13.2. The molecule has 0 aliphatic carbocycles. The summed E-state index contributed by atoms with van der Waals surface area (Å²) in [6.45, 7) is 0.634. The molecule has 0 radical (unpaired) electrons. The number of esters is 1. The third-order valence-electron chi connectivity index (χ3n) is 3.44. The number of nitrogens with zero attached hydrogens (tertiary/aromatic N) is 2. The zero-order valence-corrected chi connectivity index (χ0v) is 15.1. The molecular weight excluding hydrogens is 368 g/mol. The molecule has 138 valence electrons. The Labute approximate surface area is 161 Å². The Hall–Kier alpha value is -3.12. The molecule has 0 spiro atoms. The van der Waals surface area contributed by atoms with Gasteiger partial charge in [0.1, 0.15) is 17.1 Å². The SMILES string of the molecule is O=C(OCCCOc1ccc(Cl)cc1)c1cccnc1Oc1cccnc1. The number of benzene rings is 1. The number of aromatic nitrogens is 2. The molecule has 0 fully saturated rings. The Bertz CT molecular complexity index is 873. The highest BCUT2D eigenvalue weighted by Crippen LogP contribution is 2.22. The largest absolute Gasteiger partial charge is 0.493 e. The molecule has 0 unspecified atom stereocenters. The Balaban J connectivity index is 1.48. The number of hydrogen-bond acceptors (Lipinski definition) is 6. The lowest BCUT2D eigenvalue weighted by molar-refractivity contribution is 0.0482. The van der Waals surface area contributed by atoms with Gasteiger partial charge in [-0.1, -0.05) is 11.6 Å². The van der Waals surface area contributed by atoms with Crippen molar-refractivity contribution in [1.82, 2.24) is 9.97 Å². The van der Waals surface area contributed by atoms with Gasteiger partial charge in [0, 0.05) is 23.8 Å². The van der Waals surface area contributed by atoms with Crippen LogP contribution < -0.4 is 9.47 Å². The molecule has 0 atom stereocenters. The van der Waals surface area contributed by atoms with Gasteiger partial charge < -0.3 is 14.2 Å². The maximum atomic E-state index is 12.3. The fourth-order valence-electron chi connectivity index (χ4n) is 2.17. The summed E-state index contributed by atoms with van der Waals surface area (Å²) >= 11 is 5.82. The summed E-state index contributed by atoms with van der Waals surface area (Å²) < 4.78 is 16.5. The summed E-state index contributed by atoms with van der Waals surface area (Å²) in [4.78, 5) is 20.4. The first-order valence-electron chi connectivity index (χ1n) is 8.31. The standard InChI is InChI=1S/C20H17ClN2O4/c21-15-6-8-16(9-7-15)25-12-3-13-26-20(24)18-5-2-11-23-19(18)27-17-4-1-10-22-14-17/h1-2,4-11,14H,3,12-13H2. The van der Waals surface area contributed by atoms with Gasteiger partial charge in [0.05, 0.1) is 19.4 Å². The van der Waals surface area contributed by atoms with Gasteiger partial charge in [-0.3, -0.25) is 4.98 Å². The summed E-state index contributed by atoms with van der Waals surface area (Å²) in [5.74, 6) is 0.869. The van der Waals surface area contributed by atoms with E-state index in [4.69, 9.17) is 25.8 Å². The molecular formula is C20H17ClN2O4. The molecule has 0 N–H and O–H groups in total. The van der Waals surface area contributed by atoms with Crippen LogP contribution in [0.15, 0.2) is 67.1 Å². The molecule has 1 aromatic carbocycles. The first kappa shape index (κ1) is 18.7. The van der Waals surface area contributed by atoms with Crippen LogP contribution in [0.3, 0.4) is 0 Å². The summed E-state index contributed by atoms with van der Waals surface area (Å²) in [6.07, 6.45) is 5.26. The van der Waals surface area contributed by atoms with Crippen LogP contribution in [-0.2, 0) is 4.74 Å². The molecule has 6 nitrogen and oxygen atoms in total. The van der Waals surface area contributed by atoms with E-state index in [0.29, 0.717) is 29.5 Å². The summed E-state index contributed by atoms with van der Waals surface area (Å²) in [6, 6.07) is 13.8. The van der Waals surface area contributed by atoms with Crippen LogP contribution >= 0.6 is 11.6 Å². The average Bonchev–Trinajstić information content (AvgIpc) is 2.70. The second-order valence-electron chi connectivity index (χ2n) is 5.44. The van der Waals surface area contributed by atoms with Gasteiger partial charge in [-0.25, -0.2) is 9.78 Å². The lowest BCUT2D eigenvalue weighted by atomic mass is 10.3. The molecule has 0 aliphatic heterocycles. The smallest absolute Gasteiger partial charge is 0.343 e. The minimum Gasteiger partial charge on any atom is -0.493 e. The molecule has 3 rings (SSSR count). The van der Waals surface area contributed by atoms with Gasteiger partial charge in [0.25, 0.3) is 0 Å². The van der Waals surface area contributed by atoms with Crippen LogP contribution in [0.5, 0.6) is 17.4 Å². The number of hydrogen-bond donors (Lipinski definition) is 0. The predicted molar refractivity (Wildman–Crippen MR) is 100 cm³/mol. The summed E-state index contributed by atoms with van der Waals surface area (Å²) in [7, 11) is 0. The Morgan fingerprint density at radius 1 is 0.963 bits per heavy atom. The van der Waals surface area contributed by atoms with Crippen molar-refractivity contribution in [2.75, 3.05) is 13.2 Å². The van der Waals surface area contributed by atoms with Crippen molar-refractivity contribution in [2.45, 2.75) is 6.42 Å². The Morgan fingerprint density at radius 2 is 1.78 bits per heavy atom. The Morgan fingerprint density at radius 3 is 2.56 bits per heavy atom. The maximum Gasteiger partial charge on any atom is 0.343 e. The lowest BCUT2D eigenvalue weighted by Crippen LogP contribution is -2.11. The molecule has 27 heavy (non-hydrogen) atoms. The van der Waals surface area contributed by atoms with Crippen LogP contribution in [-0.4, -0.2) is 29.2 Å². The van der Waals surface area contributed by atoms with E-state index in [0.717, 1.165) is 0 Å². The van der Waals surface area contributed by atoms with Crippen molar-refractivity contribution >= 4 is 17.6 Å². The van der Waals surface area contributed by atoms with E-state index in [1.165, 1.54) is 6.20 Å². The van der Waals surface area contributed by atoms with Gasteiger partial charge >= 0.3 is 5.97 Å². The molecule has 2 heterocycles. The maximum absolute atomic E-state index is 12.3. The molecule has 0 bridgehead atoms. The quantitative estimate of drug-likeness (QED) is 0.419. The van der Waals surface area contributed by atoms with Crippen molar-refractivity contribution in [1.29, 1.82) is 0 Å². The van der Waals surface area contributed by atoms with Crippen LogP contribution in [0, 0.1) is 0 Å². The highest BCUT2D eigenvalue weighted by molar-refractivity contribution is 6.30. The van der Waals surface area contributed by atoms with E-state index < -0.39 is 5.97 Å². The molecule has 3 aromatic rings. The molecule has 7 heteroatoms. The number of ether oxygens (including phenoxy) is 3. The minimum atomic E-state index is -0.506. The number of halogens is 1. The van der Waals surface area contributed by atoms with E-state index in [1.807, 2.05) is 0 Å². The highest BCUT2D eigenvalue weighted by Gasteiger charge is 2.15. The summed E-state index contributed by atoms with van der Waals surface area (Å²) in [5.41, 5.74) is 0.250. The van der Waals surface area contributed by atoms with Crippen LogP contribution in [0.1, 0.15) is 16.8 Å². The van der Waals surface area contributed by atoms with E-state index in [9.17, 15) is 4.79 Å². The molecule has 0 saturated carbocycles. The van der Waals surface area contributed by atoms with Crippen LogP contribution in [0.25, 0.3) is 0 Å². The second kappa shape index (κ2) is 9.54. The predicted octanol–water partition coefficient (Wildman–Crippen LogP) is 4.55. The third-order valence-corrected chi connectivity index (χ3v) is 3.70. The fraction of sp³-hybridized carbons (Fsp3) is 0.150. The van der Waals surface area contributed by atoms with Crippen molar-refractivity contribution in [3.8, 4) is 17.4 Å². The van der Waals surface area contributed by atoms with Crippen LogP contribution in [0.2, 0.25) is 5.02 Å². The van der Waals surface area contributed by atoms with Crippen molar-refractivity contribution < 1.29 is 19.0 Å². The zero-order valence-electron chi connectivity index (χ0n) is 14.4. The van der Waals surface area contributed by atoms with Crippen molar-refractivity contribution in [2.24, 2.45) is 0 Å². The summed E-state index contributed by atoms with van der Waals surface area (Å²) in [5, 5.41) is 0.650. The minimum absolute atomic E-state index is 0.174. The van der Waals surface area contributed by atoms with E-state index in [1.54, 1.807) is 60.9 Å². The average molecular weight is 385 g/mol. The van der Waals surface area contributed by atoms with Crippen LogP contribution in [0.4, 0.5) is 0 Å². The molecule has 0 amide bonds.